The zero-order chi connectivity index (χ0) is 9.07. The highest BCUT2D eigenvalue weighted by molar-refractivity contribution is 4.49. The number of hydrogen-bond donors (Lipinski definition) is 3. The molecule has 0 amide bonds. The van der Waals surface area contributed by atoms with Gasteiger partial charge in [0.2, 0.25) is 0 Å². The van der Waals surface area contributed by atoms with Crippen LogP contribution in [-0.2, 0) is 0 Å². The molecule has 0 rings (SSSR count). The molecule has 0 heterocycles. The molecule has 0 aromatic carbocycles. The molecule has 3 nitrogen and oxygen atoms in total. The van der Waals surface area contributed by atoms with Crippen molar-refractivity contribution in [2.45, 2.75) is 33.1 Å². The summed E-state index contributed by atoms with van der Waals surface area (Å²) in [5, 5.41) is 3.40. The largest absolute Gasteiger partial charge is 0.317 e. The molecule has 0 saturated carbocycles. The van der Waals surface area contributed by atoms with Crippen LogP contribution in [0.25, 0.3) is 0 Å². The van der Waals surface area contributed by atoms with E-state index in [0.717, 1.165) is 26.2 Å². The second-order valence-electron chi connectivity index (χ2n) is 2.91. The molecule has 3 heteroatoms. The molecule has 0 spiro atoms. The lowest BCUT2D eigenvalue weighted by molar-refractivity contribution is 0.518. The van der Waals surface area contributed by atoms with Crippen molar-refractivity contribution in [1.82, 2.24) is 16.2 Å². The van der Waals surface area contributed by atoms with E-state index in [1.807, 2.05) is 0 Å². The summed E-state index contributed by atoms with van der Waals surface area (Å²) in [5.74, 6) is 0. The van der Waals surface area contributed by atoms with E-state index in [1.165, 1.54) is 19.3 Å². The third kappa shape index (κ3) is 9.88. The summed E-state index contributed by atoms with van der Waals surface area (Å²) in [7, 11) is 0. The molecule has 3 N–H and O–H groups in total. The van der Waals surface area contributed by atoms with E-state index in [-0.39, 0.29) is 0 Å². The first-order valence-corrected chi connectivity index (χ1v) is 5.08. The zero-order valence-corrected chi connectivity index (χ0v) is 8.45. The molecule has 0 radical (unpaired) electrons. The summed E-state index contributed by atoms with van der Waals surface area (Å²) in [5.41, 5.74) is 6.21. The average molecular weight is 173 g/mol. The van der Waals surface area contributed by atoms with Crippen molar-refractivity contribution in [2.24, 2.45) is 0 Å². The minimum absolute atomic E-state index is 0.989. The van der Waals surface area contributed by atoms with Crippen LogP contribution in [0.15, 0.2) is 0 Å². The van der Waals surface area contributed by atoms with Gasteiger partial charge >= 0.3 is 0 Å². The molecule has 0 aliphatic rings. The molecule has 0 aliphatic heterocycles. The number of rotatable bonds is 9. The fourth-order valence-corrected chi connectivity index (χ4v) is 0.942. The molecule has 0 saturated heterocycles. The Kier molecular flexibility index (Phi) is 10.8. The van der Waals surface area contributed by atoms with E-state index in [1.54, 1.807) is 0 Å². The second-order valence-corrected chi connectivity index (χ2v) is 2.91. The maximum Gasteiger partial charge on any atom is 0.0112 e. The standard InChI is InChI=1S/C9H23N3/c1-3-5-7-10-8-6-9-12-11-4-2/h10-12H,3-9H2,1-2H3. The first kappa shape index (κ1) is 11.9. The van der Waals surface area contributed by atoms with Gasteiger partial charge in [-0.25, -0.2) is 0 Å². The normalized spacial score (nSPS) is 10.5. The summed E-state index contributed by atoms with van der Waals surface area (Å²) in [4.78, 5) is 0. The van der Waals surface area contributed by atoms with Crippen molar-refractivity contribution in [3.8, 4) is 0 Å². The highest BCUT2D eigenvalue weighted by atomic mass is 15.3. The van der Waals surface area contributed by atoms with Gasteiger partial charge in [-0.15, -0.1) is 0 Å². The molecule has 0 atom stereocenters. The van der Waals surface area contributed by atoms with Crippen molar-refractivity contribution in [3.05, 3.63) is 0 Å². The first-order valence-electron chi connectivity index (χ1n) is 5.08. The maximum atomic E-state index is 3.40. The molecule has 12 heavy (non-hydrogen) atoms. The van der Waals surface area contributed by atoms with Gasteiger partial charge in [-0.2, -0.15) is 0 Å². The van der Waals surface area contributed by atoms with E-state index in [0.29, 0.717) is 0 Å². The number of hydrazine groups is 1. The number of nitrogens with one attached hydrogen (secondary N) is 3. The zero-order valence-electron chi connectivity index (χ0n) is 8.45. The van der Waals surface area contributed by atoms with Crippen molar-refractivity contribution in [1.29, 1.82) is 0 Å². The van der Waals surface area contributed by atoms with Crippen LogP contribution in [0, 0.1) is 0 Å². The van der Waals surface area contributed by atoms with Crippen LogP contribution in [0.1, 0.15) is 33.1 Å². The van der Waals surface area contributed by atoms with Gasteiger partial charge in [-0.1, -0.05) is 20.3 Å². The molecule has 0 unspecified atom stereocenters. The van der Waals surface area contributed by atoms with E-state index in [4.69, 9.17) is 0 Å². The van der Waals surface area contributed by atoms with Crippen LogP contribution in [0.3, 0.4) is 0 Å². The van der Waals surface area contributed by atoms with Crippen LogP contribution in [0.4, 0.5) is 0 Å². The first-order chi connectivity index (χ1) is 5.91. The summed E-state index contributed by atoms with van der Waals surface area (Å²) < 4.78 is 0. The van der Waals surface area contributed by atoms with Crippen LogP contribution >= 0.6 is 0 Å². The van der Waals surface area contributed by atoms with Crippen LogP contribution in [-0.4, -0.2) is 26.2 Å². The predicted molar refractivity (Wildman–Crippen MR) is 54.1 cm³/mol. The van der Waals surface area contributed by atoms with Gasteiger partial charge < -0.3 is 5.32 Å². The van der Waals surface area contributed by atoms with E-state index in [9.17, 15) is 0 Å². The minimum atomic E-state index is 0.989. The van der Waals surface area contributed by atoms with Gasteiger partial charge in [0.25, 0.3) is 0 Å². The van der Waals surface area contributed by atoms with E-state index >= 15 is 0 Å². The Balaban J connectivity index is 2.73. The average Bonchev–Trinajstić information content (AvgIpc) is 2.10. The smallest absolute Gasteiger partial charge is 0.0112 e. The van der Waals surface area contributed by atoms with Crippen molar-refractivity contribution >= 4 is 0 Å². The fourth-order valence-electron chi connectivity index (χ4n) is 0.942. The van der Waals surface area contributed by atoms with Crippen LogP contribution in [0.2, 0.25) is 0 Å². The third-order valence-corrected chi connectivity index (χ3v) is 1.66. The highest BCUT2D eigenvalue weighted by Gasteiger charge is 1.86. The van der Waals surface area contributed by atoms with Gasteiger partial charge in [-0.3, -0.25) is 10.9 Å². The Morgan fingerprint density at radius 3 is 2.25 bits per heavy atom. The Hall–Kier alpha value is -0.120. The van der Waals surface area contributed by atoms with Crippen molar-refractivity contribution in [2.75, 3.05) is 26.2 Å². The molecular formula is C9H23N3. The number of unbranched alkanes of at least 4 members (excludes halogenated alkanes) is 1. The van der Waals surface area contributed by atoms with E-state index < -0.39 is 0 Å². The Morgan fingerprint density at radius 2 is 1.58 bits per heavy atom. The Labute approximate surface area is 76.3 Å². The number of hydrogen-bond acceptors (Lipinski definition) is 3. The van der Waals surface area contributed by atoms with Gasteiger partial charge in [0.05, 0.1) is 0 Å². The van der Waals surface area contributed by atoms with Crippen LogP contribution in [0.5, 0.6) is 0 Å². The fraction of sp³-hybridized carbons (Fsp3) is 1.00. The lowest BCUT2D eigenvalue weighted by Crippen LogP contribution is -2.33. The Morgan fingerprint density at radius 1 is 0.833 bits per heavy atom. The topological polar surface area (TPSA) is 36.1 Å². The summed E-state index contributed by atoms with van der Waals surface area (Å²) in [6, 6.07) is 0. The van der Waals surface area contributed by atoms with Crippen molar-refractivity contribution in [3.63, 3.8) is 0 Å². The molecule has 0 fully saturated rings. The monoisotopic (exact) mass is 173 g/mol. The Bertz CT molecular complexity index is 66.2. The van der Waals surface area contributed by atoms with Gasteiger partial charge in [0.1, 0.15) is 0 Å². The minimum Gasteiger partial charge on any atom is -0.317 e. The quantitative estimate of drug-likeness (QED) is 0.358. The molecule has 0 aliphatic carbocycles. The van der Waals surface area contributed by atoms with Gasteiger partial charge in [0, 0.05) is 13.1 Å². The predicted octanol–water partition coefficient (Wildman–Crippen LogP) is 0.880. The molecule has 0 aromatic heterocycles. The molecular weight excluding hydrogens is 150 g/mol. The second kappa shape index (κ2) is 10.9. The van der Waals surface area contributed by atoms with Gasteiger partial charge in [-0.05, 0) is 25.9 Å². The lowest BCUT2D eigenvalue weighted by Gasteiger charge is -2.05. The van der Waals surface area contributed by atoms with Crippen molar-refractivity contribution < 1.29 is 0 Å². The third-order valence-electron chi connectivity index (χ3n) is 1.66. The summed E-state index contributed by atoms with van der Waals surface area (Å²) in [6.45, 7) is 8.63. The molecule has 74 valence electrons. The maximum absolute atomic E-state index is 3.40. The van der Waals surface area contributed by atoms with Gasteiger partial charge in [0.15, 0.2) is 0 Å². The molecule has 0 aromatic rings. The van der Waals surface area contributed by atoms with Crippen LogP contribution < -0.4 is 16.2 Å². The lowest BCUT2D eigenvalue weighted by atomic mass is 10.3. The van der Waals surface area contributed by atoms with E-state index in [2.05, 4.69) is 30.0 Å². The molecule has 0 bridgehead atoms. The SMILES string of the molecule is CCCCNCCCNNCC. The highest BCUT2D eigenvalue weighted by Crippen LogP contribution is 1.82. The summed E-state index contributed by atoms with van der Waals surface area (Å²) >= 11 is 0. The summed E-state index contributed by atoms with van der Waals surface area (Å²) in [6.07, 6.45) is 3.76.